The second kappa shape index (κ2) is 3.31. The topological polar surface area (TPSA) is 116 Å². The van der Waals surface area contributed by atoms with E-state index in [1.54, 1.807) is 0 Å². The van der Waals surface area contributed by atoms with Gasteiger partial charge in [-0.25, -0.2) is 0 Å². The van der Waals surface area contributed by atoms with Gasteiger partial charge in [-0.3, -0.25) is 9.59 Å². The Morgan fingerprint density at radius 2 is 1.82 bits per heavy atom. The molecule has 11 heavy (non-hydrogen) atoms. The van der Waals surface area contributed by atoms with Gasteiger partial charge >= 0.3 is 5.79 Å². The Hall–Kier alpha value is -1.14. The fourth-order valence-electron chi connectivity index (χ4n) is 0.473. The van der Waals surface area contributed by atoms with Gasteiger partial charge in [0.25, 0.3) is 11.8 Å². The zero-order chi connectivity index (χ0) is 9.07. The number of nitrogens with two attached hydrogens (primary N) is 2. The van der Waals surface area contributed by atoms with E-state index in [0.717, 1.165) is 0 Å². The number of carbonyl (C=O) groups is 2. The minimum atomic E-state index is -2.67. The average molecular weight is 162 g/mol. The summed E-state index contributed by atoms with van der Waals surface area (Å²) in [5.41, 5.74) is 9.29. The lowest BCUT2D eigenvalue weighted by Gasteiger charge is -2.19. The summed E-state index contributed by atoms with van der Waals surface area (Å²) in [5, 5.41) is 8.99. The molecule has 0 bridgehead atoms. The first-order chi connectivity index (χ1) is 4.95. The van der Waals surface area contributed by atoms with Crippen molar-refractivity contribution in [2.75, 3.05) is 6.61 Å². The van der Waals surface area contributed by atoms with Gasteiger partial charge in [-0.2, -0.15) is 0 Å². The van der Waals surface area contributed by atoms with Gasteiger partial charge in [0.2, 0.25) is 0 Å². The lowest BCUT2D eigenvalue weighted by atomic mass is 10.2. The van der Waals surface area contributed by atoms with E-state index < -0.39 is 17.6 Å². The van der Waals surface area contributed by atoms with E-state index in [2.05, 4.69) is 16.2 Å². The van der Waals surface area contributed by atoms with Crippen molar-refractivity contribution in [2.24, 2.45) is 11.5 Å². The van der Waals surface area contributed by atoms with Crippen molar-refractivity contribution in [3.05, 3.63) is 0 Å². The average Bonchev–Trinajstić information content (AvgIpc) is 1.87. The lowest BCUT2D eigenvalue weighted by Crippen LogP contribution is -2.56. The van der Waals surface area contributed by atoms with E-state index in [1.807, 2.05) is 0 Å². The second-order valence-electron chi connectivity index (χ2n) is 1.81. The third kappa shape index (κ3) is 1.89. The van der Waals surface area contributed by atoms with E-state index >= 15 is 0 Å². The Morgan fingerprint density at radius 1 is 1.45 bits per heavy atom. The predicted octanol–water partition coefficient (Wildman–Crippen LogP) is -2.32. The summed E-state index contributed by atoms with van der Waals surface area (Å²) in [5.74, 6) is -5.30. The molecule has 0 aromatic heterocycles. The summed E-state index contributed by atoms with van der Waals surface area (Å²) in [4.78, 5) is 20.8. The molecule has 0 fully saturated rings. The van der Waals surface area contributed by atoms with Gasteiger partial charge in [0.05, 0.1) is 0 Å². The summed E-state index contributed by atoms with van der Waals surface area (Å²) in [6.07, 6.45) is 0. The van der Waals surface area contributed by atoms with E-state index in [-0.39, 0.29) is 6.61 Å². The predicted molar refractivity (Wildman–Crippen MR) is 35.0 cm³/mol. The minimum Gasteiger partial charge on any atom is -0.364 e. The molecule has 2 amide bonds. The van der Waals surface area contributed by atoms with Crippen LogP contribution in [-0.2, 0) is 14.3 Å². The maximum absolute atomic E-state index is 10.4. The summed E-state index contributed by atoms with van der Waals surface area (Å²) in [7, 11) is 0. The lowest BCUT2D eigenvalue weighted by molar-refractivity contribution is -0.203. The van der Waals surface area contributed by atoms with Crippen LogP contribution < -0.4 is 11.5 Å². The zero-order valence-corrected chi connectivity index (χ0v) is 6.03. The van der Waals surface area contributed by atoms with Gasteiger partial charge in [0.1, 0.15) is 0 Å². The molecule has 0 unspecified atom stereocenters. The molecule has 0 aromatic carbocycles. The first-order valence-electron chi connectivity index (χ1n) is 2.91. The molecular weight excluding hydrogens is 152 g/mol. The van der Waals surface area contributed by atoms with Gasteiger partial charge in [-0.05, 0) is 6.92 Å². The molecule has 0 aliphatic carbocycles. The van der Waals surface area contributed by atoms with Gasteiger partial charge in [0, 0.05) is 6.61 Å². The molecular formula is C5H10N2O4. The maximum Gasteiger partial charge on any atom is 0.328 e. The fourth-order valence-corrected chi connectivity index (χ4v) is 0.473. The minimum absolute atomic E-state index is 0.0393. The molecule has 0 aromatic rings. The van der Waals surface area contributed by atoms with Crippen molar-refractivity contribution in [1.29, 1.82) is 0 Å². The largest absolute Gasteiger partial charge is 0.364 e. The first kappa shape index (κ1) is 9.86. The van der Waals surface area contributed by atoms with E-state index in [9.17, 15) is 9.59 Å². The second-order valence-corrected chi connectivity index (χ2v) is 1.81. The molecule has 5 N–H and O–H groups in total. The number of ether oxygens (including phenoxy) is 1. The number of aliphatic hydroxyl groups is 1. The number of primary amides is 2. The van der Waals surface area contributed by atoms with Crippen LogP contribution in [0.15, 0.2) is 0 Å². The molecule has 0 rings (SSSR count). The van der Waals surface area contributed by atoms with Crippen molar-refractivity contribution < 1.29 is 19.4 Å². The molecule has 0 atom stereocenters. The van der Waals surface area contributed by atoms with Crippen LogP contribution in [-0.4, -0.2) is 29.3 Å². The number of rotatable bonds is 4. The summed E-state index contributed by atoms with van der Waals surface area (Å²) >= 11 is 0. The Kier molecular flexibility index (Phi) is 2.97. The zero-order valence-electron chi connectivity index (χ0n) is 6.03. The number of hydrogen-bond donors (Lipinski definition) is 3. The monoisotopic (exact) mass is 162 g/mol. The van der Waals surface area contributed by atoms with Crippen molar-refractivity contribution in [1.82, 2.24) is 0 Å². The van der Waals surface area contributed by atoms with E-state index in [4.69, 9.17) is 5.11 Å². The molecule has 64 valence electrons. The molecule has 6 nitrogen and oxygen atoms in total. The molecule has 0 heterocycles. The van der Waals surface area contributed by atoms with E-state index in [1.165, 1.54) is 6.92 Å². The Bertz CT molecular complexity index is 165. The fraction of sp³-hybridized carbons (Fsp3) is 0.600. The first-order valence-corrected chi connectivity index (χ1v) is 2.91. The van der Waals surface area contributed by atoms with Crippen LogP contribution in [0, 0.1) is 0 Å². The van der Waals surface area contributed by atoms with Gasteiger partial charge in [-0.15, -0.1) is 0 Å². The summed E-state index contributed by atoms with van der Waals surface area (Å²) in [6, 6.07) is 0. The molecule has 0 spiro atoms. The van der Waals surface area contributed by atoms with Gasteiger partial charge < -0.3 is 21.3 Å². The number of carbonyl (C=O) groups excluding carboxylic acids is 2. The summed E-state index contributed by atoms with van der Waals surface area (Å²) < 4.78 is 4.36. The highest BCUT2D eigenvalue weighted by molar-refractivity contribution is 6.05. The Morgan fingerprint density at radius 3 is 1.91 bits per heavy atom. The third-order valence-corrected chi connectivity index (χ3v) is 1.02. The van der Waals surface area contributed by atoms with E-state index in [0.29, 0.717) is 0 Å². The van der Waals surface area contributed by atoms with Crippen LogP contribution in [0.1, 0.15) is 6.92 Å². The number of amides is 2. The van der Waals surface area contributed by atoms with Crippen molar-refractivity contribution in [3.8, 4) is 0 Å². The van der Waals surface area contributed by atoms with Gasteiger partial charge in [-0.1, -0.05) is 0 Å². The molecule has 0 aliphatic rings. The van der Waals surface area contributed by atoms with Crippen LogP contribution in [0.3, 0.4) is 0 Å². The van der Waals surface area contributed by atoms with Gasteiger partial charge in [0.15, 0.2) is 0 Å². The van der Waals surface area contributed by atoms with Crippen LogP contribution in [0.2, 0.25) is 0 Å². The molecule has 0 radical (unpaired) electrons. The molecule has 0 aliphatic heterocycles. The quantitative estimate of drug-likeness (QED) is 0.318. The SMILES string of the molecule is CCOC(O)(C(N)=O)C(N)=O. The highest BCUT2D eigenvalue weighted by atomic mass is 16.6. The van der Waals surface area contributed by atoms with Crippen molar-refractivity contribution in [3.63, 3.8) is 0 Å². The van der Waals surface area contributed by atoms with Crippen LogP contribution in [0.4, 0.5) is 0 Å². The van der Waals surface area contributed by atoms with Crippen LogP contribution in [0.25, 0.3) is 0 Å². The highest BCUT2D eigenvalue weighted by Crippen LogP contribution is 2.03. The molecule has 0 saturated heterocycles. The molecule has 0 saturated carbocycles. The van der Waals surface area contributed by atoms with Crippen LogP contribution in [0.5, 0.6) is 0 Å². The Labute approximate surface area is 63.1 Å². The molecule has 6 heteroatoms. The van der Waals surface area contributed by atoms with Crippen LogP contribution >= 0.6 is 0 Å². The summed E-state index contributed by atoms with van der Waals surface area (Å²) in [6.45, 7) is 1.44. The highest BCUT2D eigenvalue weighted by Gasteiger charge is 2.41. The number of hydrogen-bond acceptors (Lipinski definition) is 4. The normalized spacial score (nSPS) is 11.1. The standard InChI is InChI=1S/C5H10N2O4/c1-2-11-5(10,3(6)8)4(7)9/h10H,2H2,1H3,(H2,6,8)(H2,7,9). The maximum atomic E-state index is 10.4. The Balaban J connectivity index is 4.52. The smallest absolute Gasteiger partial charge is 0.328 e. The van der Waals surface area contributed by atoms with Crippen molar-refractivity contribution >= 4 is 11.8 Å². The van der Waals surface area contributed by atoms with Crippen molar-refractivity contribution in [2.45, 2.75) is 12.7 Å². The third-order valence-electron chi connectivity index (χ3n) is 1.02.